The molecule has 0 bridgehead atoms. The second kappa shape index (κ2) is 7.23. The summed E-state index contributed by atoms with van der Waals surface area (Å²) in [6.07, 6.45) is 3.88. The molecule has 5 heteroatoms. The van der Waals surface area contributed by atoms with Crippen molar-refractivity contribution < 1.29 is 23.8 Å². The fraction of sp³-hybridized carbons (Fsp3) is 0.400. The molecule has 0 fully saturated rings. The van der Waals surface area contributed by atoms with Crippen molar-refractivity contribution in [3.8, 4) is 11.5 Å². The average molecular weight is 344 g/mol. The van der Waals surface area contributed by atoms with E-state index in [9.17, 15) is 9.59 Å². The van der Waals surface area contributed by atoms with Gasteiger partial charge in [-0.25, -0.2) is 0 Å². The normalized spacial score (nSPS) is 14.9. The van der Waals surface area contributed by atoms with Crippen molar-refractivity contribution in [1.29, 1.82) is 0 Å². The van der Waals surface area contributed by atoms with E-state index >= 15 is 0 Å². The Morgan fingerprint density at radius 1 is 1.12 bits per heavy atom. The molecule has 0 spiro atoms. The summed E-state index contributed by atoms with van der Waals surface area (Å²) >= 11 is 0. The van der Waals surface area contributed by atoms with Crippen LogP contribution in [0.25, 0.3) is 0 Å². The zero-order valence-corrected chi connectivity index (χ0v) is 15.3. The van der Waals surface area contributed by atoms with E-state index in [-0.39, 0.29) is 22.7 Å². The summed E-state index contributed by atoms with van der Waals surface area (Å²) in [4.78, 5) is 24.8. The lowest BCUT2D eigenvalue weighted by Crippen LogP contribution is -2.25. The first-order chi connectivity index (χ1) is 11.8. The molecule has 0 radical (unpaired) electrons. The van der Waals surface area contributed by atoms with E-state index in [0.29, 0.717) is 23.7 Å². The fourth-order valence-electron chi connectivity index (χ4n) is 3.01. The summed E-state index contributed by atoms with van der Waals surface area (Å²) in [5.74, 6) is 0.0930. The predicted octanol–water partition coefficient (Wildman–Crippen LogP) is 3.93. The molecular formula is C20H24O5. The number of benzene rings is 1. The van der Waals surface area contributed by atoms with E-state index in [1.54, 1.807) is 12.1 Å². The summed E-state index contributed by atoms with van der Waals surface area (Å²) in [7, 11) is 2.95. The molecular weight excluding hydrogens is 320 g/mol. The molecule has 0 amide bonds. The van der Waals surface area contributed by atoms with Crippen LogP contribution < -0.4 is 9.47 Å². The number of hydrogen-bond donors (Lipinski definition) is 0. The van der Waals surface area contributed by atoms with Gasteiger partial charge >= 0.3 is 0 Å². The van der Waals surface area contributed by atoms with Crippen LogP contribution in [0.15, 0.2) is 30.9 Å². The number of allylic oxidation sites excluding steroid dienone is 2. The third kappa shape index (κ3) is 3.24. The van der Waals surface area contributed by atoms with E-state index in [4.69, 9.17) is 14.2 Å². The van der Waals surface area contributed by atoms with Gasteiger partial charge in [0.1, 0.15) is 11.5 Å². The fourth-order valence-corrected chi connectivity index (χ4v) is 3.01. The maximum Gasteiger partial charge on any atom is 0.190 e. The Hall–Kier alpha value is -2.40. The molecule has 0 N–H and O–H groups in total. The van der Waals surface area contributed by atoms with Gasteiger partial charge in [0.15, 0.2) is 11.6 Å². The minimum absolute atomic E-state index is 0.217. The van der Waals surface area contributed by atoms with E-state index in [1.807, 2.05) is 20.8 Å². The van der Waals surface area contributed by atoms with Gasteiger partial charge in [-0.3, -0.25) is 9.59 Å². The lowest BCUT2D eigenvalue weighted by atomic mass is 9.80. The highest BCUT2D eigenvalue weighted by molar-refractivity contribution is 6.24. The molecule has 2 rings (SSSR count). The highest BCUT2D eigenvalue weighted by atomic mass is 16.5. The van der Waals surface area contributed by atoms with Crippen LogP contribution in [-0.4, -0.2) is 32.4 Å². The summed E-state index contributed by atoms with van der Waals surface area (Å²) in [6, 6.07) is 1.72. The first kappa shape index (κ1) is 18.9. The average Bonchev–Trinajstić information content (AvgIpc) is 2.61. The van der Waals surface area contributed by atoms with E-state index in [2.05, 4.69) is 6.58 Å². The van der Waals surface area contributed by atoms with Crippen LogP contribution >= 0.6 is 0 Å². The Morgan fingerprint density at radius 3 is 2.20 bits per heavy atom. The molecule has 0 saturated carbocycles. The molecule has 1 aliphatic rings. The number of methoxy groups -OCH3 is 2. The zero-order chi connectivity index (χ0) is 18.8. The molecule has 1 aliphatic carbocycles. The Labute approximate surface area is 148 Å². The van der Waals surface area contributed by atoms with Gasteiger partial charge in [0.25, 0.3) is 0 Å². The van der Waals surface area contributed by atoms with Crippen LogP contribution in [-0.2, 0) is 4.74 Å². The minimum atomic E-state index is -0.430. The lowest BCUT2D eigenvalue weighted by Gasteiger charge is -2.33. The highest BCUT2D eigenvalue weighted by Crippen LogP contribution is 2.46. The number of ketones is 2. The molecule has 0 aliphatic heterocycles. The van der Waals surface area contributed by atoms with Crippen LogP contribution in [0.1, 0.15) is 53.2 Å². The van der Waals surface area contributed by atoms with Crippen molar-refractivity contribution >= 4 is 11.6 Å². The van der Waals surface area contributed by atoms with Gasteiger partial charge in [-0.05, 0) is 25.1 Å². The highest BCUT2D eigenvalue weighted by Gasteiger charge is 2.36. The van der Waals surface area contributed by atoms with Crippen LogP contribution in [0.5, 0.6) is 11.5 Å². The maximum atomic E-state index is 12.5. The number of carbonyl (C=O) groups excluding carboxylic acids is 2. The SMILES string of the molecule is C=CC(C)(C)C(OCC)c1cc(OC)c2c(c1OC)C(=O)C=CC2=O. The molecule has 5 nitrogen and oxygen atoms in total. The Morgan fingerprint density at radius 2 is 1.72 bits per heavy atom. The molecule has 1 unspecified atom stereocenters. The van der Waals surface area contributed by atoms with Crippen LogP contribution in [0, 0.1) is 5.41 Å². The maximum absolute atomic E-state index is 12.5. The predicted molar refractivity (Wildman–Crippen MR) is 95.7 cm³/mol. The molecule has 0 saturated heterocycles. The first-order valence-corrected chi connectivity index (χ1v) is 8.13. The Kier molecular flexibility index (Phi) is 5.48. The van der Waals surface area contributed by atoms with Gasteiger partial charge in [0.05, 0.1) is 31.5 Å². The largest absolute Gasteiger partial charge is 0.496 e. The van der Waals surface area contributed by atoms with E-state index in [1.165, 1.54) is 26.4 Å². The van der Waals surface area contributed by atoms with Crippen LogP contribution in [0.4, 0.5) is 0 Å². The third-order valence-corrected chi connectivity index (χ3v) is 4.39. The minimum Gasteiger partial charge on any atom is -0.496 e. The quantitative estimate of drug-likeness (QED) is 0.701. The summed E-state index contributed by atoms with van der Waals surface area (Å²) in [6.45, 7) is 10.2. The molecule has 0 aromatic heterocycles. The Balaban J connectivity index is 2.83. The number of rotatable bonds is 7. The van der Waals surface area contributed by atoms with E-state index < -0.39 is 11.5 Å². The van der Waals surface area contributed by atoms with Gasteiger partial charge in [-0.15, -0.1) is 6.58 Å². The smallest absolute Gasteiger partial charge is 0.190 e. The van der Waals surface area contributed by atoms with Gasteiger partial charge in [0.2, 0.25) is 0 Å². The molecule has 1 aromatic carbocycles. The lowest BCUT2D eigenvalue weighted by molar-refractivity contribution is -0.00183. The molecule has 1 atom stereocenters. The van der Waals surface area contributed by atoms with Crippen molar-refractivity contribution in [2.45, 2.75) is 26.9 Å². The van der Waals surface area contributed by atoms with Crippen molar-refractivity contribution in [2.75, 3.05) is 20.8 Å². The number of hydrogen-bond acceptors (Lipinski definition) is 5. The second-order valence-corrected chi connectivity index (χ2v) is 6.37. The van der Waals surface area contributed by atoms with Crippen LogP contribution in [0.3, 0.4) is 0 Å². The molecule has 134 valence electrons. The summed E-state index contributed by atoms with van der Waals surface area (Å²) < 4.78 is 16.9. The summed E-state index contributed by atoms with van der Waals surface area (Å²) in [5.41, 5.74) is 0.664. The second-order valence-electron chi connectivity index (χ2n) is 6.37. The first-order valence-electron chi connectivity index (χ1n) is 8.13. The van der Waals surface area contributed by atoms with Crippen LogP contribution in [0.2, 0.25) is 0 Å². The van der Waals surface area contributed by atoms with E-state index in [0.717, 1.165) is 0 Å². The topological polar surface area (TPSA) is 61.8 Å². The summed E-state index contributed by atoms with van der Waals surface area (Å²) in [5, 5.41) is 0. The van der Waals surface area contributed by atoms with Gasteiger partial charge in [-0.1, -0.05) is 19.9 Å². The van der Waals surface area contributed by atoms with Gasteiger partial charge in [0, 0.05) is 17.6 Å². The third-order valence-electron chi connectivity index (χ3n) is 4.39. The number of fused-ring (bicyclic) bond motifs is 1. The number of carbonyl (C=O) groups is 2. The van der Waals surface area contributed by atoms with Crippen molar-refractivity contribution in [2.24, 2.45) is 5.41 Å². The van der Waals surface area contributed by atoms with Crippen molar-refractivity contribution in [3.05, 3.63) is 47.6 Å². The standard InChI is InChI=1S/C20H24O5/c1-7-20(3,4)19(25-8-2)12-11-15(23-5)16-13(21)9-10-14(22)17(16)18(12)24-6/h7,9-11,19H,1,8H2,2-6H3. The monoisotopic (exact) mass is 344 g/mol. The Bertz CT molecular complexity index is 743. The van der Waals surface area contributed by atoms with Crippen molar-refractivity contribution in [1.82, 2.24) is 0 Å². The van der Waals surface area contributed by atoms with Crippen molar-refractivity contribution in [3.63, 3.8) is 0 Å². The van der Waals surface area contributed by atoms with Gasteiger partial charge in [-0.2, -0.15) is 0 Å². The number of ether oxygens (including phenoxy) is 3. The molecule has 1 aromatic rings. The van der Waals surface area contributed by atoms with Gasteiger partial charge < -0.3 is 14.2 Å². The molecule has 0 heterocycles. The molecule has 25 heavy (non-hydrogen) atoms. The zero-order valence-electron chi connectivity index (χ0n) is 15.3.